The van der Waals surface area contributed by atoms with Crippen LogP contribution >= 0.6 is 0 Å². The Morgan fingerprint density at radius 3 is 2.68 bits per heavy atom. The monoisotopic (exact) mass is 375 g/mol. The number of allylic oxidation sites excluding steroid dienone is 3. The van der Waals surface area contributed by atoms with E-state index >= 15 is 0 Å². The van der Waals surface area contributed by atoms with Crippen LogP contribution in [-0.2, 0) is 0 Å². The molecule has 0 fully saturated rings. The molecule has 0 bridgehead atoms. The summed E-state index contributed by atoms with van der Waals surface area (Å²) in [4.78, 5) is 17.6. The molecule has 0 saturated carbocycles. The van der Waals surface area contributed by atoms with Crippen molar-refractivity contribution in [1.29, 1.82) is 0 Å². The van der Waals surface area contributed by atoms with Crippen molar-refractivity contribution in [3.63, 3.8) is 0 Å². The van der Waals surface area contributed by atoms with E-state index in [1.807, 2.05) is 61.7 Å². The van der Waals surface area contributed by atoms with Gasteiger partial charge in [-0.1, -0.05) is 37.8 Å². The quantitative estimate of drug-likeness (QED) is 0.616. The molecule has 2 N–H and O–H groups in total. The molecule has 0 amide bonds. The van der Waals surface area contributed by atoms with Crippen molar-refractivity contribution in [1.82, 2.24) is 9.55 Å². The molecule has 5 nitrogen and oxygen atoms in total. The van der Waals surface area contributed by atoms with Gasteiger partial charge in [-0.3, -0.25) is 9.36 Å². The molecular weight excluding hydrogens is 350 g/mol. The highest BCUT2D eigenvalue weighted by molar-refractivity contribution is 5.83. The summed E-state index contributed by atoms with van der Waals surface area (Å²) in [5.74, 6) is 0.606. The lowest BCUT2D eigenvalue weighted by Crippen LogP contribution is -2.16. The lowest BCUT2D eigenvalue weighted by molar-refractivity contribution is 0.169. The van der Waals surface area contributed by atoms with Crippen molar-refractivity contribution in [2.45, 2.75) is 33.3 Å². The van der Waals surface area contributed by atoms with Crippen molar-refractivity contribution >= 4 is 16.9 Å². The zero-order valence-corrected chi connectivity index (χ0v) is 16.4. The predicted octanol–water partition coefficient (Wildman–Crippen LogP) is 4.64. The van der Waals surface area contributed by atoms with Crippen LogP contribution in [0.5, 0.6) is 0 Å². The van der Waals surface area contributed by atoms with Crippen LogP contribution in [0.25, 0.3) is 16.7 Å². The summed E-state index contributed by atoms with van der Waals surface area (Å²) in [5.41, 5.74) is 3.49. The van der Waals surface area contributed by atoms with Crippen LogP contribution in [0.1, 0.15) is 37.6 Å². The molecule has 0 spiro atoms. The fourth-order valence-electron chi connectivity index (χ4n) is 3.25. The average molecular weight is 375 g/mol. The van der Waals surface area contributed by atoms with Crippen molar-refractivity contribution in [2.75, 3.05) is 5.32 Å². The number of benzene rings is 1. The van der Waals surface area contributed by atoms with E-state index in [4.69, 9.17) is 4.98 Å². The van der Waals surface area contributed by atoms with E-state index in [2.05, 4.69) is 11.9 Å². The standard InChI is InChI=1S/C23H25N3O2/c1-5-10-16(4)24-21-14-20(28)22-15(3)13-18(19(27)6-2)25-23(22)26(21)17-11-8-7-9-12-17/h5,7-14,19,24,27H,1,6H2,2-4H3/b16-10+. The van der Waals surface area contributed by atoms with Gasteiger partial charge in [-0.05, 0) is 50.1 Å². The van der Waals surface area contributed by atoms with Gasteiger partial charge in [0.25, 0.3) is 0 Å². The molecule has 2 heterocycles. The van der Waals surface area contributed by atoms with E-state index in [9.17, 15) is 9.90 Å². The third kappa shape index (κ3) is 3.75. The number of fused-ring (bicyclic) bond motifs is 1. The van der Waals surface area contributed by atoms with E-state index in [1.165, 1.54) is 0 Å². The van der Waals surface area contributed by atoms with Crippen LogP contribution in [0.3, 0.4) is 0 Å². The van der Waals surface area contributed by atoms with E-state index in [0.717, 1.165) is 16.9 Å². The molecule has 3 aromatic rings. The minimum absolute atomic E-state index is 0.112. The Kier molecular flexibility index (Phi) is 5.76. The van der Waals surface area contributed by atoms with E-state index in [-0.39, 0.29) is 5.43 Å². The molecule has 1 atom stereocenters. The number of nitrogens with zero attached hydrogens (tertiary/aromatic N) is 2. The number of para-hydroxylation sites is 1. The number of aromatic nitrogens is 2. The van der Waals surface area contributed by atoms with Crippen LogP contribution in [-0.4, -0.2) is 14.7 Å². The first-order valence-corrected chi connectivity index (χ1v) is 9.33. The Hall–Kier alpha value is -3.18. The van der Waals surface area contributed by atoms with Gasteiger partial charge < -0.3 is 10.4 Å². The van der Waals surface area contributed by atoms with Gasteiger partial charge in [0.2, 0.25) is 0 Å². The zero-order chi connectivity index (χ0) is 20.3. The number of hydrogen-bond donors (Lipinski definition) is 2. The summed E-state index contributed by atoms with van der Waals surface area (Å²) in [6, 6.07) is 13.1. The van der Waals surface area contributed by atoms with Gasteiger partial charge in [0.1, 0.15) is 5.82 Å². The van der Waals surface area contributed by atoms with E-state index in [1.54, 1.807) is 18.2 Å². The van der Waals surface area contributed by atoms with Gasteiger partial charge in [-0.2, -0.15) is 0 Å². The molecule has 0 saturated heterocycles. The fraction of sp³-hybridized carbons (Fsp3) is 0.217. The SMILES string of the molecule is C=C/C=C(\C)Nc1cc(=O)c2c(C)cc(C(O)CC)nc2n1-c1ccccc1. The normalized spacial score (nSPS) is 12.8. The van der Waals surface area contributed by atoms with Crippen molar-refractivity contribution < 1.29 is 5.11 Å². The highest BCUT2D eigenvalue weighted by atomic mass is 16.3. The third-order valence-corrected chi connectivity index (χ3v) is 4.62. The minimum Gasteiger partial charge on any atom is -0.387 e. The number of aliphatic hydroxyl groups is 1. The summed E-state index contributed by atoms with van der Waals surface area (Å²) >= 11 is 0. The third-order valence-electron chi connectivity index (χ3n) is 4.62. The molecular formula is C23H25N3O2. The first kappa shape index (κ1) is 19.6. The molecule has 5 heteroatoms. The summed E-state index contributed by atoms with van der Waals surface area (Å²) < 4.78 is 1.91. The van der Waals surface area contributed by atoms with Gasteiger partial charge in [0.05, 0.1) is 17.2 Å². The predicted molar refractivity (Wildman–Crippen MR) is 115 cm³/mol. The number of rotatable bonds is 6. The second-order valence-corrected chi connectivity index (χ2v) is 6.76. The molecule has 28 heavy (non-hydrogen) atoms. The van der Waals surface area contributed by atoms with E-state index < -0.39 is 6.10 Å². The number of nitrogens with one attached hydrogen (secondary N) is 1. The Bertz CT molecular complexity index is 1100. The number of hydrogen-bond acceptors (Lipinski definition) is 4. The molecule has 0 aliphatic carbocycles. The van der Waals surface area contributed by atoms with Crippen LogP contribution < -0.4 is 10.7 Å². The minimum atomic E-state index is -0.679. The van der Waals surface area contributed by atoms with Crippen molar-refractivity contribution in [2.24, 2.45) is 0 Å². The Morgan fingerprint density at radius 1 is 1.32 bits per heavy atom. The van der Waals surface area contributed by atoms with Crippen LogP contribution in [0.15, 0.2) is 71.7 Å². The molecule has 2 aromatic heterocycles. The lowest BCUT2D eigenvalue weighted by Gasteiger charge is -2.20. The maximum absolute atomic E-state index is 12.9. The largest absolute Gasteiger partial charge is 0.387 e. The highest BCUT2D eigenvalue weighted by Crippen LogP contribution is 2.26. The molecule has 0 aliphatic heterocycles. The van der Waals surface area contributed by atoms with Gasteiger partial charge in [0, 0.05) is 17.5 Å². The summed E-state index contributed by atoms with van der Waals surface area (Å²) in [5, 5.41) is 14.2. The molecule has 1 aromatic carbocycles. The van der Waals surface area contributed by atoms with Crippen LogP contribution in [0, 0.1) is 6.92 Å². The number of pyridine rings is 2. The Balaban J connectivity index is 2.41. The van der Waals surface area contributed by atoms with Crippen LogP contribution in [0.2, 0.25) is 0 Å². The van der Waals surface area contributed by atoms with E-state index in [0.29, 0.717) is 29.0 Å². The number of anilines is 1. The fourth-order valence-corrected chi connectivity index (χ4v) is 3.25. The zero-order valence-electron chi connectivity index (χ0n) is 16.4. The maximum Gasteiger partial charge on any atom is 0.193 e. The Labute approximate surface area is 164 Å². The topological polar surface area (TPSA) is 67.2 Å². The molecule has 0 aliphatic rings. The molecule has 3 rings (SSSR count). The molecule has 144 valence electrons. The van der Waals surface area contributed by atoms with Gasteiger partial charge >= 0.3 is 0 Å². The second kappa shape index (κ2) is 8.23. The first-order valence-electron chi connectivity index (χ1n) is 9.33. The van der Waals surface area contributed by atoms with Gasteiger partial charge in [-0.15, -0.1) is 0 Å². The van der Waals surface area contributed by atoms with Crippen LogP contribution in [0.4, 0.5) is 5.82 Å². The lowest BCUT2D eigenvalue weighted by atomic mass is 10.1. The smallest absolute Gasteiger partial charge is 0.193 e. The van der Waals surface area contributed by atoms with Gasteiger partial charge in [0.15, 0.2) is 11.1 Å². The van der Waals surface area contributed by atoms with Crippen molar-refractivity contribution in [3.05, 3.63) is 88.4 Å². The molecule has 0 radical (unpaired) electrons. The molecule has 1 unspecified atom stereocenters. The second-order valence-electron chi connectivity index (χ2n) is 6.76. The van der Waals surface area contributed by atoms with Crippen molar-refractivity contribution in [3.8, 4) is 5.69 Å². The maximum atomic E-state index is 12.9. The first-order chi connectivity index (χ1) is 13.5. The number of aryl methyl sites for hydroxylation is 1. The average Bonchev–Trinajstić information content (AvgIpc) is 2.67. The summed E-state index contributed by atoms with van der Waals surface area (Å²) in [7, 11) is 0. The number of aliphatic hydroxyl groups excluding tert-OH is 1. The van der Waals surface area contributed by atoms with Gasteiger partial charge in [-0.25, -0.2) is 4.98 Å². The Morgan fingerprint density at radius 2 is 2.04 bits per heavy atom. The summed E-state index contributed by atoms with van der Waals surface area (Å²) in [6.45, 7) is 9.40. The highest BCUT2D eigenvalue weighted by Gasteiger charge is 2.17. The summed E-state index contributed by atoms with van der Waals surface area (Å²) in [6.07, 6.45) is 3.39.